The number of hydrogen-bond donors (Lipinski definition) is 3. The molecule has 0 unspecified atom stereocenters. The molecular formula is C28H27NO2. The maximum atomic E-state index is 12.0. The van der Waals surface area contributed by atoms with Gasteiger partial charge in [0.2, 0.25) is 0 Å². The van der Waals surface area contributed by atoms with Crippen LogP contribution >= 0.6 is 0 Å². The zero-order chi connectivity index (χ0) is 21.7. The number of benzene rings is 4. The maximum absolute atomic E-state index is 12.0. The second-order valence-corrected chi connectivity index (χ2v) is 7.90. The van der Waals surface area contributed by atoms with Gasteiger partial charge < -0.3 is 15.9 Å². The van der Waals surface area contributed by atoms with Crippen molar-refractivity contribution >= 4 is 0 Å². The van der Waals surface area contributed by atoms with Crippen molar-refractivity contribution in [2.45, 2.75) is 23.7 Å². The second kappa shape index (κ2) is 8.86. The standard InChI is InChI=1S/C28H27NO2/c29-26(28(31,24-17-9-3-10-18-24)25-19-11-4-12-20-25)21-27(30,22-13-5-1-6-14-22)23-15-7-2-8-16-23/h1-20,26,30-31H,21,29H2/t26-/m1/s1. The van der Waals surface area contributed by atoms with Gasteiger partial charge in [0.15, 0.2) is 0 Å². The Labute approximate surface area is 183 Å². The molecule has 0 radical (unpaired) electrons. The molecule has 0 fully saturated rings. The van der Waals surface area contributed by atoms with E-state index in [2.05, 4.69) is 0 Å². The first-order valence-corrected chi connectivity index (χ1v) is 10.5. The van der Waals surface area contributed by atoms with Gasteiger partial charge in [-0.05, 0) is 22.3 Å². The number of aliphatic hydroxyl groups is 2. The van der Waals surface area contributed by atoms with E-state index in [1.165, 1.54) is 0 Å². The van der Waals surface area contributed by atoms with Crippen molar-refractivity contribution in [3.8, 4) is 0 Å². The van der Waals surface area contributed by atoms with Gasteiger partial charge in [-0.15, -0.1) is 0 Å². The van der Waals surface area contributed by atoms with E-state index in [0.29, 0.717) is 11.1 Å². The first kappa shape index (κ1) is 21.0. The molecule has 4 aromatic rings. The summed E-state index contributed by atoms with van der Waals surface area (Å²) in [6.07, 6.45) is 0.126. The van der Waals surface area contributed by atoms with E-state index in [9.17, 15) is 10.2 Å². The average molecular weight is 410 g/mol. The molecule has 0 saturated carbocycles. The van der Waals surface area contributed by atoms with Gasteiger partial charge in [0.25, 0.3) is 0 Å². The van der Waals surface area contributed by atoms with Crippen LogP contribution in [0.25, 0.3) is 0 Å². The first-order chi connectivity index (χ1) is 15.0. The van der Waals surface area contributed by atoms with Crippen LogP contribution in [0.15, 0.2) is 121 Å². The Morgan fingerprint density at radius 3 is 1.13 bits per heavy atom. The summed E-state index contributed by atoms with van der Waals surface area (Å²) in [6, 6.07) is 37.1. The molecule has 0 saturated heterocycles. The lowest BCUT2D eigenvalue weighted by Gasteiger charge is -2.40. The van der Waals surface area contributed by atoms with Crippen molar-refractivity contribution in [1.82, 2.24) is 0 Å². The fourth-order valence-electron chi connectivity index (χ4n) is 4.28. The minimum absolute atomic E-state index is 0.126. The zero-order valence-corrected chi connectivity index (χ0v) is 17.3. The highest BCUT2D eigenvalue weighted by atomic mass is 16.3. The maximum Gasteiger partial charge on any atom is 0.130 e. The van der Waals surface area contributed by atoms with Gasteiger partial charge in [0, 0.05) is 12.5 Å². The third-order valence-corrected chi connectivity index (χ3v) is 5.98. The topological polar surface area (TPSA) is 66.5 Å². The van der Waals surface area contributed by atoms with E-state index >= 15 is 0 Å². The Balaban J connectivity index is 1.82. The molecule has 3 heteroatoms. The molecule has 0 aliphatic heterocycles. The lowest BCUT2D eigenvalue weighted by Crippen LogP contribution is -2.50. The molecule has 0 heterocycles. The van der Waals surface area contributed by atoms with Crippen LogP contribution in [0.5, 0.6) is 0 Å². The lowest BCUT2D eigenvalue weighted by atomic mass is 9.73. The fourth-order valence-corrected chi connectivity index (χ4v) is 4.28. The van der Waals surface area contributed by atoms with Crippen LogP contribution in [-0.2, 0) is 11.2 Å². The summed E-state index contributed by atoms with van der Waals surface area (Å²) in [4.78, 5) is 0. The van der Waals surface area contributed by atoms with Crippen molar-refractivity contribution in [3.05, 3.63) is 144 Å². The van der Waals surface area contributed by atoms with E-state index in [1.54, 1.807) is 0 Å². The van der Waals surface area contributed by atoms with Gasteiger partial charge in [-0.1, -0.05) is 121 Å². The molecule has 1 atom stereocenters. The molecule has 3 nitrogen and oxygen atoms in total. The number of rotatable bonds is 7. The Hall–Kier alpha value is -3.24. The fraction of sp³-hybridized carbons (Fsp3) is 0.143. The summed E-state index contributed by atoms with van der Waals surface area (Å²) in [7, 11) is 0. The molecule has 156 valence electrons. The molecule has 0 amide bonds. The lowest BCUT2D eigenvalue weighted by molar-refractivity contribution is -0.000965. The predicted octanol–water partition coefficient (Wildman–Crippen LogP) is 4.58. The van der Waals surface area contributed by atoms with E-state index in [4.69, 9.17) is 5.73 Å². The van der Waals surface area contributed by atoms with Crippen molar-refractivity contribution < 1.29 is 10.2 Å². The monoisotopic (exact) mass is 409 g/mol. The van der Waals surface area contributed by atoms with Crippen molar-refractivity contribution in [2.24, 2.45) is 5.73 Å². The molecule has 4 N–H and O–H groups in total. The second-order valence-electron chi connectivity index (χ2n) is 7.90. The Morgan fingerprint density at radius 1 is 0.516 bits per heavy atom. The third kappa shape index (κ3) is 4.04. The minimum Gasteiger partial charge on any atom is -0.380 e. The van der Waals surface area contributed by atoms with Crippen LogP contribution < -0.4 is 5.73 Å². The largest absolute Gasteiger partial charge is 0.380 e. The minimum atomic E-state index is -1.47. The first-order valence-electron chi connectivity index (χ1n) is 10.5. The van der Waals surface area contributed by atoms with E-state index in [0.717, 1.165) is 11.1 Å². The summed E-state index contributed by atoms with van der Waals surface area (Å²) in [6.45, 7) is 0. The molecule has 0 aromatic heterocycles. The predicted molar refractivity (Wildman–Crippen MR) is 124 cm³/mol. The molecular weight excluding hydrogens is 382 g/mol. The molecule has 4 rings (SSSR count). The van der Waals surface area contributed by atoms with Crippen LogP contribution in [-0.4, -0.2) is 16.3 Å². The van der Waals surface area contributed by atoms with Gasteiger partial charge in [-0.2, -0.15) is 0 Å². The molecule has 31 heavy (non-hydrogen) atoms. The van der Waals surface area contributed by atoms with E-state index in [-0.39, 0.29) is 6.42 Å². The van der Waals surface area contributed by atoms with Crippen LogP contribution in [0, 0.1) is 0 Å². The molecule has 0 spiro atoms. The third-order valence-electron chi connectivity index (χ3n) is 5.98. The highest BCUT2D eigenvalue weighted by Crippen LogP contribution is 2.40. The average Bonchev–Trinajstić information content (AvgIpc) is 2.85. The Bertz CT molecular complexity index is 1000. The van der Waals surface area contributed by atoms with Crippen LogP contribution in [0.4, 0.5) is 0 Å². The highest BCUT2D eigenvalue weighted by Gasteiger charge is 2.44. The number of hydrogen-bond acceptors (Lipinski definition) is 3. The summed E-state index contributed by atoms with van der Waals surface area (Å²) < 4.78 is 0. The Morgan fingerprint density at radius 2 is 0.806 bits per heavy atom. The molecule has 0 bridgehead atoms. The molecule has 0 aliphatic rings. The summed E-state index contributed by atoms with van der Waals surface area (Å²) >= 11 is 0. The van der Waals surface area contributed by atoms with E-state index < -0.39 is 17.2 Å². The zero-order valence-electron chi connectivity index (χ0n) is 17.3. The van der Waals surface area contributed by atoms with Crippen molar-refractivity contribution in [1.29, 1.82) is 0 Å². The van der Waals surface area contributed by atoms with Crippen molar-refractivity contribution in [2.75, 3.05) is 0 Å². The summed E-state index contributed by atoms with van der Waals surface area (Å²) in [5, 5.41) is 24.0. The van der Waals surface area contributed by atoms with Gasteiger partial charge in [0.1, 0.15) is 11.2 Å². The quantitative estimate of drug-likeness (QED) is 0.419. The summed E-state index contributed by atoms with van der Waals surface area (Å²) in [5.41, 5.74) is 6.79. The SMILES string of the molecule is N[C@H](CC(O)(c1ccccc1)c1ccccc1)C(O)(c1ccccc1)c1ccccc1. The normalized spacial score (nSPS) is 13.0. The van der Waals surface area contributed by atoms with E-state index in [1.807, 2.05) is 121 Å². The van der Waals surface area contributed by atoms with Crippen LogP contribution in [0.2, 0.25) is 0 Å². The van der Waals surface area contributed by atoms with Gasteiger partial charge >= 0.3 is 0 Å². The smallest absolute Gasteiger partial charge is 0.130 e. The van der Waals surface area contributed by atoms with Crippen LogP contribution in [0.3, 0.4) is 0 Å². The number of nitrogens with two attached hydrogens (primary N) is 1. The molecule has 4 aromatic carbocycles. The van der Waals surface area contributed by atoms with Gasteiger partial charge in [-0.25, -0.2) is 0 Å². The highest BCUT2D eigenvalue weighted by molar-refractivity contribution is 5.41. The molecule has 0 aliphatic carbocycles. The van der Waals surface area contributed by atoms with Crippen molar-refractivity contribution in [3.63, 3.8) is 0 Å². The van der Waals surface area contributed by atoms with Gasteiger partial charge in [-0.3, -0.25) is 0 Å². The summed E-state index contributed by atoms with van der Waals surface area (Å²) in [5.74, 6) is 0. The Kier molecular flexibility index (Phi) is 6.01. The van der Waals surface area contributed by atoms with Gasteiger partial charge in [0.05, 0.1) is 0 Å². The van der Waals surface area contributed by atoms with Crippen LogP contribution in [0.1, 0.15) is 28.7 Å².